The quantitative estimate of drug-likeness (QED) is 0.662. The normalized spacial score (nSPS) is 15.6. The third-order valence-electron chi connectivity index (χ3n) is 2.91. The van der Waals surface area contributed by atoms with Crippen LogP contribution in [0, 0.1) is 0 Å². The summed E-state index contributed by atoms with van der Waals surface area (Å²) in [6, 6.07) is 6.50. The molecule has 0 radical (unpaired) electrons. The topological polar surface area (TPSA) is 54.4 Å². The standard InChI is InChI=1S/C15H11ClO3/c1-8(9(2)17)7-12-13(16)15(19)11-6-4-3-5-10(11)14(12)18/h3-7,17H,2H2,1H3/b8-7+. The zero-order valence-corrected chi connectivity index (χ0v) is 11.0. The maximum absolute atomic E-state index is 12.3. The first-order valence-corrected chi connectivity index (χ1v) is 5.96. The monoisotopic (exact) mass is 274 g/mol. The molecule has 0 aromatic heterocycles. The zero-order valence-electron chi connectivity index (χ0n) is 10.2. The number of fused-ring (bicyclic) bond motifs is 1. The van der Waals surface area contributed by atoms with E-state index in [0.29, 0.717) is 16.7 Å². The van der Waals surface area contributed by atoms with Crippen molar-refractivity contribution in [2.75, 3.05) is 0 Å². The van der Waals surface area contributed by atoms with Gasteiger partial charge in [0.1, 0.15) is 5.76 Å². The SMILES string of the molecule is C=C(O)/C(C)=C/C1=C(Cl)C(=O)c2ccccc2C1=O. The second-order valence-electron chi connectivity index (χ2n) is 4.21. The predicted octanol–water partition coefficient (Wildman–Crippen LogP) is 3.58. The van der Waals surface area contributed by atoms with Crippen molar-refractivity contribution in [1.82, 2.24) is 0 Å². The molecule has 0 amide bonds. The third-order valence-corrected chi connectivity index (χ3v) is 3.29. The molecule has 0 fully saturated rings. The van der Waals surface area contributed by atoms with E-state index >= 15 is 0 Å². The number of halogens is 1. The molecule has 96 valence electrons. The summed E-state index contributed by atoms with van der Waals surface area (Å²) >= 11 is 5.96. The summed E-state index contributed by atoms with van der Waals surface area (Å²) in [5.41, 5.74) is 1.08. The van der Waals surface area contributed by atoms with Crippen molar-refractivity contribution < 1.29 is 14.7 Å². The number of Topliss-reactive ketones (excluding diaryl/α,β-unsaturated/α-hetero) is 2. The molecule has 4 heteroatoms. The van der Waals surface area contributed by atoms with Crippen molar-refractivity contribution in [2.24, 2.45) is 0 Å². The lowest BCUT2D eigenvalue weighted by Crippen LogP contribution is -2.19. The minimum absolute atomic E-state index is 0.0815. The van der Waals surface area contributed by atoms with Crippen molar-refractivity contribution in [3.8, 4) is 0 Å². The second-order valence-corrected chi connectivity index (χ2v) is 4.58. The van der Waals surface area contributed by atoms with E-state index in [1.54, 1.807) is 31.2 Å². The van der Waals surface area contributed by atoms with Crippen LogP contribution in [-0.4, -0.2) is 16.7 Å². The van der Waals surface area contributed by atoms with E-state index in [1.807, 2.05) is 0 Å². The molecular formula is C15H11ClO3. The van der Waals surface area contributed by atoms with Crippen LogP contribution in [0.3, 0.4) is 0 Å². The van der Waals surface area contributed by atoms with E-state index < -0.39 is 0 Å². The Morgan fingerprint density at radius 2 is 1.74 bits per heavy atom. The Morgan fingerprint density at radius 3 is 2.26 bits per heavy atom. The van der Waals surface area contributed by atoms with Gasteiger partial charge in [0, 0.05) is 16.7 Å². The summed E-state index contributed by atoms with van der Waals surface area (Å²) in [6.45, 7) is 4.94. The number of hydrogen-bond acceptors (Lipinski definition) is 3. The van der Waals surface area contributed by atoms with Crippen LogP contribution in [0.25, 0.3) is 0 Å². The van der Waals surface area contributed by atoms with Gasteiger partial charge < -0.3 is 5.11 Å². The van der Waals surface area contributed by atoms with Gasteiger partial charge in [-0.25, -0.2) is 0 Å². The minimum Gasteiger partial charge on any atom is -0.508 e. The Bertz CT molecular complexity index is 666. The first-order chi connectivity index (χ1) is 8.93. The number of aliphatic hydroxyl groups is 1. The van der Waals surface area contributed by atoms with Crippen molar-refractivity contribution in [3.63, 3.8) is 0 Å². The summed E-state index contributed by atoms with van der Waals surface area (Å²) < 4.78 is 0. The zero-order chi connectivity index (χ0) is 14.2. The fraction of sp³-hybridized carbons (Fsp3) is 0.0667. The van der Waals surface area contributed by atoms with E-state index in [9.17, 15) is 14.7 Å². The predicted molar refractivity (Wildman–Crippen MR) is 73.5 cm³/mol. The van der Waals surface area contributed by atoms with Gasteiger partial charge in [0.25, 0.3) is 0 Å². The second kappa shape index (κ2) is 4.86. The smallest absolute Gasteiger partial charge is 0.205 e. The van der Waals surface area contributed by atoms with E-state index in [0.717, 1.165) is 0 Å². The van der Waals surface area contributed by atoms with Crippen LogP contribution in [0.1, 0.15) is 27.6 Å². The fourth-order valence-corrected chi connectivity index (χ4v) is 2.04. The largest absolute Gasteiger partial charge is 0.508 e. The molecule has 1 N–H and O–H groups in total. The lowest BCUT2D eigenvalue weighted by molar-refractivity contribution is 0.0983. The van der Waals surface area contributed by atoms with E-state index in [4.69, 9.17) is 11.6 Å². The van der Waals surface area contributed by atoms with Gasteiger partial charge in [-0.3, -0.25) is 9.59 Å². The molecule has 1 aromatic rings. The molecule has 0 saturated heterocycles. The number of carbonyl (C=O) groups excluding carboxylic acids is 2. The maximum Gasteiger partial charge on any atom is 0.205 e. The Labute approximate surface area is 115 Å². The molecule has 0 spiro atoms. The molecule has 2 rings (SSSR count). The molecule has 0 atom stereocenters. The Kier molecular flexibility index (Phi) is 3.40. The highest BCUT2D eigenvalue weighted by Crippen LogP contribution is 2.30. The van der Waals surface area contributed by atoms with Gasteiger partial charge in [-0.05, 0) is 18.6 Å². The van der Waals surface area contributed by atoms with Gasteiger partial charge in [-0.15, -0.1) is 0 Å². The van der Waals surface area contributed by atoms with Gasteiger partial charge in [0.15, 0.2) is 5.78 Å². The first kappa shape index (κ1) is 13.3. The Balaban J connectivity index is 2.61. The van der Waals surface area contributed by atoms with Crippen molar-refractivity contribution in [3.05, 3.63) is 70.0 Å². The van der Waals surface area contributed by atoms with E-state index in [1.165, 1.54) is 6.08 Å². The first-order valence-electron chi connectivity index (χ1n) is 5.58. The highest BCUT2D eigenvalue weighted by atomic mass is 35.5. The Hall–Kier alpha value is -2.13. The highest BCUT2D eigenvalue weighted by Gasteiger charge is 2.29. The lowest BCUT2D eigenvalue weighted by atomic mass is 9.88. The number of ketones is 2. The van der Waals surface area contributed by atoms with Crippen LogP contribution in [0.15, 0.2) is 58.9 Å². The molecular weight excluding hydrogens is 264 g/mol. The molecule has 3 nitrogen and oxygen atoms in total. The van der Waals surface area contributed by atoms with Crippen LogP contribution in [0.2, 0.25) is 0 Å². The number of benzene rings is 1. The third kappa shape index (κ3) is 2.25. The molecule has 0 saturated carbocycles. The average molecular weight is 275 g/mol. The molecule has 1 aliphatic carbocycles. The lowest BCUT2D eigenvalue weighted by Gasteiger charge is -2.15. The molecule has 1 aromatic carbocycles. The highest BCUT2D eigenvalue weighted by molar-refractivity contribution is 6.50. The number of rotatable bonds is 2. The van der Waals surface area contributed by atoms with Gasteiger partial charge in [-0.1, -0.05) is 42.4 Å². The van der Waals surface area contributed by atoms with Gasteiger partial charge in [0.05, 0.1) is 5.03 Å². The molecule has 19 heavy (non-hydrogen) atoms. The number of hydrogen-bond donors (Lipinski definition) is 1. The molecule has 0 unspecified atom stereocenters. The van der Waals surface area contributed by atoms with Gasteiger partial charge in [0.2, 0.25) is 5.78 Å². The van der Waals surface area contributed by atoms with Crippen molar-refractivity contribution >= 4 is 23.2 Å². The average Bonchev–Trinajstić information content (AvgIpc) is 2.40. The fourth-order valence-electron chi connectivity index (χ4n) is 1.79. The Morgan fingerprint density at radius 1 is 1.21 bits per heavy atom. The number of carbonyl (C=O) groups is 2. The molecule has 1 aliphatic rings. The number of aliphatic hydroxyl groups excluding tert-OH is 1. The summed E-state index contributed by atoms with van der Waals surface area (Å²) in [6.07, 6.45) is 1.38. The minimum atomic E-state index is -0.389. The van der Waals surface area contributed by atoms with E-state index in [2.05, 4.69) is 6.58 Å². The van der Waals surface area contributed by atoms with Crippen LogP contribution >= 0.6 is 11.6 Å². The van der Waals surface area contributed by atoms with Gasteiger partial charge >= 0.3 is 0 Å². The molecule has 0 bridgehead atoms. The van der Waals surface area contributed by atoms with Gasteiger partial charge in [-0.2, -0.15) is 0 Å². The molecule has 0 aliphatic heterocycles. The number of allylic oxidation sites excluding steroid dienone is 4. The summed E-state index contributed by atoms with van der Waals surface area (Å²) in [5, 5.41) is 9.13. The summed E-state index contributed by atoms with van der Waals surface area (Å²) in [5.74, 6) is -0.892. The van der Waals surface area contributed by atoms with Crippen molar-refractivity contribution in [2.45, 2.75) is 6.92 Å². The van der Waals surface area contributed by atoms with Crippen LogP contribution in [0.4, 0.5) is 0 Å². The maximum atomic E-state index is 12.3. The van der Waals surface area contributed by atoms with Crippen LogP contribution < -0.4 is 0 Å². The summed E-state index contributed by atoms with van der Waals surface area (Å²) in [4.78, 5) is 24.3. The summed E-state index contributed by atoms with van der Waals surface area (Å²) in [7, 11) is 0. The van der Waals surface area contributed by atoms with Crippen LogP contribution in [0.5, 0.6) is 0 Å². The van der Waals surface area contributed by atoms with Crippen molar-refractivity contribution in [1.29, 1.82) is 0 Å². The molecule has 0 heterocycles. The van der Waals surface area contributed by atoms with Crippen LogP contribution in [-0.2, 0) is 0 Å². The van der Waals surface area contributed by atoms with E-state index in [-0.39, 0.29) is 27.9 Å².